The highest BCUT2D eigenvalue weighted by Gasteiger charge is 2.30. The van der Waals surface area contributed by atoms with E-state index in [4.69, 9.17) is 0 Å². The molecule has 1 fully saturated rings. The molecule has 2 aromatic heterocycles. The van der Waals surface area contributed by atoms with Crippen LogP contribution in [0.5, 0.6) is 0 Å². The van der Waals surface area contributed by atoms with Crippen molar-refractivity contribution in [1.82, 2.24) is 20.3 Å². The molecule has 0 unspecified atom stereocenters. The summed E-state index contributed by atoms with van der Waals surface area (Å²) in [6.07, 6.45) is 5.70. The van der Waals surface area contributed by atoms with Gasteiger partial charge >= 0.3 is 0 Å². The lowest BCUT2D eigenvalue weighted by Crippen LogP contribution is -2.54. The van der Waals surface area contributed by atoms with Crippen molar-refractivity contribution in [3.63, 3.8) is 0 Å². The lowest BCUT2D eigenvalue weighted by Gasteiger charge is -2.36. The highest BCUT2D eigenvalue weighted by Crippen LogP contribution is 2.19. The van der Waals surface area contributed by atoms with E-state index in [9.17, 15) is 14.7 Å². The van der Waals surface area contributed by atoms with Crippen LogP contribution < -0.4 is 10.2 Å². The third kappa shape index (κ3) is 3.97. The van der Waals surface area contributed by atoms with Crippen LogP contribution in [-0.4, -0.2) is 57.0 Å². The fourth-order valence-electron chi connectivity index (χ4n) is 2.75. The molecule has 0 spiro atoms. The maximum atomic E-state index is 12.1. The average molecular weight is 341 g/mol. The minimum atomic E-state index is -0.733. The summed E-state index contributed by atoms with van der Waals surface area (Å²) in [7, 11) is 0. The minimum absolute atomic E-state index is 0.0375. The van der Waals surface area contributed by atoms with Crippen LogP contribution in [0.4, 0.5) is 5.82 Å². The minimum Gasteiger partial charge on any atom is -0.389 e. The van der Waals surface area contributed by atoms with E-state index in [1.165, 1.54) is 31.7 Å². The molecule has 0 aliphatic carbocycles. The zero-order chi connectivity index (χ0) is 17.8. The standard InChI is InChI=1S/C17H19N5O3/c1-11(23)12-2-3-16(20-8-12)22-7-4-13(15(24)10-22)21-17(25)14-9-18-5-6-19-14/h2-3,5-6,8-9,13,15,24H,4,7,10H2,1H3,(H,21,25)/t13-,15-/m1/s1. The summed E-state index contributed by atoms with van der Waals surface area (Å²) in [5.41, 5.74) is 0.772. The first-order valence-electron chi connectivity index (χ1n) is 8.01. The molecule has 130 valence electrons. The topological polar surface area (TPSA) is 108 Å². The summed E-state index contributed by atoms with van der Waals surface area (Å²) < 4.78 is 0. The van der Waals surface area contributed by atoms with Crippen LogP contribution in [0.2, 0.25) is 0 Å². The molecule has 0 aromatic carbocycles. The largest absolute Gasteiger partial charge is 0.389 e. The van der Waals surface area contributed by atoms with Gasteiger partial charge in [-0.1, -0.05) is 0 Å². The predicted octanol–water partition coefficient (Wildman–Crippen LogP) is 0.444. The second kappa shape index (κ2) is 7.35. The monoisotopic (exact) mass is 341 g/mol. The molecule has 25 heavy (non-hydrogen) atoms. The van der Waals surface area contributed by atoms with E-state index in [0.29, 0.717) is 30.9 Å². The molecule has 8 nitrogen and oxygen atoms in total. The Bertz CT molecular complexity index is 751. The van der Waals surface area contributed by atoms with Gasteiger partial charge in [-0.25, -0.2) is 9.97 Å². The summed E-state index contributed by atoms with van der Waals surface area (Å²) in [5, 5.41) is 13.2. The second-order valence-electron chi connectivity index (χ2n) is 5.93. The first-order chi connectivity index (χ1) is 12.0. The highest BCUT2D eigenvalue weighted by molar-refractivity contribution is 5.94. The zero-order valence-corrected chi connectivity index (χ0v) is 13.8. The van der Waals surface area contributed by atoms with Gasteiger partial charge in [0.2, 0.25) is 0 Å². The zero-order valence-electron chi connectivity index (χ0n) is 13.8. The normalized spacial score (nSPS) is 20.2. The lowest BCUT2D eigenvalue weighted by molar-refractivity contribution is 0.0793. The molecule has 1 aliphatic heterocycles. The molecule has 8 heteroatoms. The number of amides is 1. The van der Waals surface area contributed by atoms with E-state index in [1.807, 2.05) is 4.90 Å². The molecular formula is C17H19N5O3. The molecule has 1 saturated heterocycles. The van der Waals surface area contributed by atoms with Gasteiger partial charge in [-0.05, 0) is 25.5 Å². The molecule has 2 N–H and O–H groups in total. The summed E-state index contributed by atoms with van der Waals surface area (Å²) in [6.45, 7) is 2.47. The number of hydrogen-bond donors (Lipinski definition) is 2. The van der Waals surface area contributed by atoms with Crippen molar-refractivity contribution >= 4 is 17.5 Å². The fraction of sp³-hybridized carbons (Fsp3) is 0.353. The molecule has 2 atom stereocenters. The fourth-order valence-corrected chi connectivity index (χ4v) is 2.75. The number of aromatic nitrogens is 3. The molecule has 3 rings (SSSR count). The van der Waals surface area contributed by atoms with Gasteiger partial charge in [-0.3, -0.25) is 14.6 Å². The predicted molar refractivity (Wildman–Crippen MR) is 90.4 cm³/mol. The molecular weight excluding hydrogens is 322 g/mol. The van der Waals surface area contributed by atoms with E-state index >= 15 is 0 Å². The van der Waals surface area contributed by atoms with Crippen molar-refractivity contribution in [2.24, 2.45) is 0 Å². The van der Waals surface area contributed by atoms with Crippen LogP contribution in [-0.2, 0) is 0 Å². The Kier molecular flexibility index (Phi) is 4.99. The highest BCUT2D eigenvalue weighted by atomic mass is 16.3. The van der Waals surface area contributed by atoms with Gasteiger partial charge in [0.05, 0.1) is 18.3 Å². The Morgan fingerprint density at radius 2 is 2.08 bits per heavy atom. The number of carbonyl (C=O) groups is 2. The van der Waals surface area contributed by atoms with Crippen LogP contribution in [0.15, 0.2) is 36.9 Å². The maximum Gasteiger partial charge on any atom is 0.271 e. The van der Waals surface area contributed by atoms with Gasteiger partial charge in [-0.15, -0.1) is 0 Å². The number of ketones is 1. The number of Topliss-reactive ketones (excluding diaryl/α,β-unsaturated/α-hetero) is 1. The third-order valence-electron chi connectivity index (χ3n) is 4.17. The van der Waals surface area contributed by atoms with Crippen LogP contribution >= 0.6 is 0 Å². The van der Waals surface area contributed by atoms with E-state index < -0.39 is 6.10 Å². The van der Waals surface area contributed by atoms with E-state index in [0.717, 1.165) is 0 Å². The number of nitrogens with one attached hydrogen (secondary N) is 1. The smallest absolute Gasteiger partial charge is 0.271 e. The number of piperidine rings is 1. The summed E-state index contributed by atoms with van der Waals surface area (Å²) in [4.78, 5) is 37.5. The molecule has 0 saturated carbocycles. The number of anilines is 1. The van der Waals surface area contributed by atoms with Gasteiger partial charge in [-0.2, -0.15) is 0 Å². The lowest BCUT2D eigenvalue weighted by atomic mass is 10.0. The van der Waals surface area contributed by atoms with Crippen molar-refractivity contribution in [1.29, 1.82) is 0 Å². The van der Waals surface area contributed by atoms with Crippen molar-refractivity contribution < 1.29 is 14.7 Å². The number of rotatable bonds is 4. The Labute approximate surface area is 144 Å². The molecule has 2 aromatic rings. The van der Waals surface area contributed by atoms with E-state index in [2.05, 4.69) is 20.3 Å². The molecule has 1 amide bonds. The summed E-state index contributed by atoms with van der Waals surface area (Å²) in [5.74, 6) is 0.307. The first-order valence-corrected chi connectivity index (χ1v) is 8.01. The average Bonchev–Trinajstić information content (AvgIpc) is 2.64. The van der Waals surface area contributed by atoms with E-state index in [-0.39, 0.29) is 23.4 Å². The van der Waals surface area contributed by atoms with Gasteiger partial charge in [0.15, 0.2) is 5.78 Å². The second-order valence-corrected chi connectivity index (χ2v) is 5.93. The number of pyridine rings is 1. The Morgan fingerprint density at radius 3 is 2.68 bits per heavy atom. The molecule has 0 radical (unpaired) electrons. The van der Waals surface area contributed by atoms with Crippen LogP contribution in [0.25, 0.3) is 0 Å². The van der Waals surface area contributed by atoms with Crippen molar-refractivity contribution in [3.8, 4) is 0 Å². The third-order valence-corrected chi connectivity index (χ3v) is 4.17. The van der Waals surface area contributed by atoms with Gasteiger partial charge in [0.25, 0.3) is 5.91 Å². The SMILES string of the molecule is CC(=O)c1ccc(N2CC[C@@H](NC(=O)c3cnccn3)[C@H](O)C2)nc1. The van der Waals surface area contributed by atoms with Gasteiger partial charge in [0.1, 0.15) is 11.5 Å². The number of β-amino-alcohol motifs (C(OH)–C–C–N with tert-alkyl or cyclic N) is 1. The Morgan fingerprint density at radius 1 is 1.24 bits per heavy atom. The number of nitrogens with zero attached hydrogens (tertiary/aromatic N) is 4. The van der Waals surface area contributed by atoms with Crippen molar-refractivity contribution in [2.75, 3.05) is 18.0 Å². The molecule has 1 aliphatic rings. The van der Waals surface area contributed by atoms with Crippen molar-refractivity contribution in [2.45, 2.75) is 25.5 Å². The summed E-state index contributed by atoms with van der Waals surface area (Å²) in [6, 6.07) is 3.13. The maximum absolute atomic E-state index is 12.1. The number of aliphatic hydroxyl groups excluding tert-OH is 1. The Hall–Kier alpha value is -2.87. The van der Waals surface area contributed by atoms with Crippen LogP contribution in [0.3, 0.4) is 0 Å². The van der Waals surface area contributed by atoms with Crippen molar-refractivity contribution in [3.05, 3.63) is 48.2 Å². The van der Waals surface area contributed by atoms with Gasteiger partial charge in [0, 0.05) is 37.2 Å². The number of aliphatic hydroxyl groups is 1. The number of hydrogen-bond acceptors (Lipinski definition) is 7. The molecule has 0 bridgehead atoms. The van der Waals surface area contributed by atoms with Crippen LogP contribution in [0, 0.1) is 0 Å². The quantitative estimate of drug-likeness (QED) is 0.777. The number of carbonyl (C=O) groups excluding carboxylic acids is 2. The van der Waals surface area contributed by atoms with Gasteiger partial charge < -0.3 is 15.3 Å². The van der Waals surface area contributed by atoms with Crippen LogP contribution in [0.1, 0.15) is 34.2 Å². The summed E-state index contributed by atoms with van der Waals surface area (Å²) >= 11 is 0. The molecule has 3 heterocycles. The Balaban J connectivity index is 1.60. The first kappa shape index (κ1) is 17.0. The van der Waals surface area contributed by atoms with E-state index in [1.54, 1.807) is 12.1 Å².